The van der Waals surface area contributed by atoms with Crippen molar-refractivity contribution in [3.05, 3.63) is 35.9 Å². The smallest absolute Gasteiger partial charge is 0.188 e. The van der Waals surface area contributed by atoms with Crippen molar-refractivity contribution in [2.24, 2.45) is 16.6 Å². The number of guanidine groups is 1. The van der Waals surface area contributed by atoms with Gasteiger partial charge in [-0.2, -0.15) is 0 Å². The van der Waals surface area contributed by atoms with Crippen LogP contribution in [0.3, 0.4) is 0 Å². The quantitative estimate of drug-likeness (QED) is 0.438. The molecule has 0 atom stereocenters. The molecule has 0 bridgehead atoms. The lowest BCUT2D eigenvalue weighted by atomic mass is 10.1. The highest BCUT2D eigenvalue weighted by molar-refractivity contribution is 14.0. The van der Waals surface area contributed by atoms with Gasteiger partial charge in [-0.3, -0.25) is 0 Å². The molecule has 1 aromatic carbocycles. The van der Waals surface area contributed by atoms with Crippen LogP contribution in [0, 0.1) is 5.92 Å². The Morgan fingerprint density at radius 2 is 2.00 bits per heavy atom. The van der Waals surface area contributed by atoms with Gasteiger partial charge in [0.1, 0.15) is 5.82 Å². The fourth-order valence-corrected chi connectivity index (χ4v) is 2.13. The monoisotopic (exact) mass is 427 g/mol. The maximum Gasteiger partial charge on any atom is 0.188 e. The normalized spacial score (nSPS) is 11.4. The molecular formula is C17H26IN5. The van der Waals surface area contributed by atoms with Gasteiger partial charge >= 0.3 is 0 Å². The van der Waals surface area contributed by atoms with Crippen molar-refractivity contribution in [2.45, 2.75) is 20.4 Å². The lowest BCUT2D eigenvalue weighted by Crippen LogP contribution is -2.34. The summed E-state index contributed by atoms with van der Waals surface area (Å²) in [6.45, 7) is 5.65. The van der Waals surface area contributed by atoms with Crippen LogP contribution in [0.2, 0.25) is 0 Å². The van der Waals surface area contributed by atoms with Gasteiger partial charge in [0.05, 0.1) is 12.1 Å². The van der Waals surface area contributed by atoms with E-state index in [1.165, 1.54) is 0 Å². The molecule has 3 N–H and O–H groups in total. The predicted octanol–water partition coefficient (Wildman–Crippen LogP) is 2.98. The Labute approximate surface area is 155 Å². The zero-order chi connectivity index (χ0) is 16.1. The predicted molar refractivity (Wildman–Crippen MR) is 110 cm³/mol. The van der Waals surface area contributed by atoms with Crippen molar-refractivity contribution in [3.63, 3.8) is 0 Å². The third kappa shape index (κ3) is 5.53. The second kappa shape index (κ2) is 8.90. The number of hydrogen-bond donors (Lipinski definition) is 2. The molecule has 0 fully saturated rings. The summed E-state index contributed by atoms with van der Waals surface area (Å²) in [4.78, 5) is 11.1. The van der Waals surface area contributed by atoms with Gasteiger partial charge in [0.25, 0.3) is 0 Å². The van der Waals surface area contributed by atoms with Gasteiger partial charge in [0, 0.05) is 26.0 Å². The van der Waals surface area contributed by atoms with Gasteiger partial charge in [-0.05, 0) is 23.6 Å². The molecule has 2 aromatic rings. The highest BCUT2D eigenvalue weighted by Gasteiger charge is 2.07. The molecule has 0 amide bonds. The summed E-state index contributed by atoms with van der Waals surface area (Å²) < 4.78 is 0. The standard InChI is InChI=1S/C17H25N5.HI/c1-12(2)10-19-17(18)20-11-13-9-16(22(3)4)21-15-8-6-5-7-14(13)15;/h5-9,12H,10-11H2,1-4H3,(H3,18,19,20);1H. The molecule has 2 rings (SSSR count). The molecule has 1 aromatic heterocycles. The van der Waals surface area contributed by atoms with E-state index in [2.05, 4.69) is 41.3 Å². The lowest BCUT2D eigenvalue weighted by Gasteiger charge is -2.14. The number of nitrogens with two attached hydrogens (primary N) is 1. The Balaban J connectivity index is 0.00000264. The van der Waals surface area contributed by atoms with E-state index in [9.17, 15) is 0 Å². The molecule has 23 heavy (non-hydrogen) atoms. The fourth-order valence-electron chi connectivity index (χ4n) is 2.13. The van der Waals surface area contributed by atoms with E-state index in [1.54, 1.807) is 0 Å². The average Bonchev–Trinajstić information content (AvgIpc) is 2.50. The molecule has 126 valence electrons. The van der Waals surface area contributed by atoms with Crippen LogP contribution < -0.4 is 16.0 Å². The van der Waals surface area contributed by atoms with Crippen LogP contribution in [-0.2, 0) is 6.54 Å². The number of nitrogens with one attached hydrogen (secondary N) is 1. The summed E-state index contributed by atoms with van der Waals surface area (Å²) in [5.41, 5.74) is 8.03. The Kier molecular flexibility index (Phi) is 7.54. The highest BCUT2D eigenvalue weighted by atomic mass is 127. The SMILES string of the molecule is CC(C)CNC(N)=NCc1cc(N(C)C)nc2ccccc12.I. The minimum absolute atomic E-state index is 0. The first-order valence-electron chi connectivity index (χ1n) is 7.57. The number of rotatable bonds is 5. The summed E-state index contributed by atoms with van der Waals surface area (Å²) in [7, 11) is 3.98. The van der Waals surface area contributed by atoms with Crippen LogP contribution in [-0.4, -0.2) is 31.6 Å². The van der Waals surface area contributed by atoms with Crippen molar-refractivity contribution in [3.8, 4) is 0 Å². The zero-order valence-electron chi connectivity index (χ0n) is 14.2. The Hall–Kier alpha value is -1.57. The molecule has 0 unspecified atom stereocenters. The molecule has 0 saturated heterocycles. The zero-order valence-corrected chi connectivity index (χ0v) is 16.5. The van der Waals surface area contributed by atoms with E-state index < -0.39 is 0 Å². The van der Waals surface area contributed by atoms with Crippen LogP contribution in [0.4, 0.5) is 5.82 Å². The van der Waals surface area contributed by atoms with Gasteiger partial charge < -0.3 is 16.0 Å². The van der Waals surface area contributed by atoms with Gasteiger partial charge in [-0.25, -0.2) is 9.98 Å². The molecule has 1 heterocycles. The van der Waals surface area contributed by atoms with Crippen LogP contribution >= 0.6 is 24.0 Å². The Bertz CT molecular complexity index is 667. The van der Waals surface area contributed by atoms with Crippen molar-refractivity contribution < 1.29 is 0 Å². The van der Waals surface area contributed by atoms with Crippen LogP contribution in [0.5, 0.6) is 0 Å². The fraction of sp³-hybridized carbons (Fsp3) is 0.412. The number of aliphatic imine (C=N–C) groups is 1. The molecule has 0 aliphatic heterocycles. The van der Waals surface area contributed by atoms with E-state index in [0.717, 1.165) is 28.8 Å². The molecule has 0 aliphatic rings. The number of fused-ring (bicyclic) bond motifs is 1. The van der Waals surface area contributed by atoms with Crippen molar-refractivity contribution in [1.29, 1.82) is 0 Å². The van der Waals surface area contributed by atoms with Crippen molar-refractivity contribution in [2.75, 3.05) is 25.5 Å². The van der Waals surface area contributed by atoms with Crippen LogP contribution in [0.1, 0.15) is 19.4 Å². The summed E-state index contributed by atoms with van der Waals surface area (Å²) >= 11 is 0. The number of nitrogens with zero attached hydrogens (tertiary/aromatic N) is 3. The van der Waals surface area contributed by atoms with E-state index in [0.29, 0.717) is 18.4 Å². The van der Waals surface area contributed by atoms with E-state index in [1.807, 2.05) is 37.2 Å². The minimum atomic E-state index is 0. The van der Waals surface area contributed by atoms with Gasteiger partial charge in [-0.1, -0.05) is 32.0 Å². The molecule has 5 nitrogen and oxygen atoms in total. The second-order valence-electron chi connectivity index (χ2n) is 6.03. The number of halogens is 1. The van der Waals surface area contributed by atoms with E-state index in [4.69, 9.17) is 5.73 Å². The number of hydrogen-bond acceptors (Lipinski definition) is 3. The molecular weight excluding hydrogens is 401 g/mol. The second-order valence-corrected chi connectivity index (χ2v) is 6.03. The number of pyridine rings is 1. The lowest BCUT2D eigenvalue weighted by molar-refractivity contribution is 0.622. The van der Waals surface area contributed by atoms with E-state index in [-0.39, 0.29) is 24.0 Å². The summed E-state index contributed by atoms with van der Waals surface area (Å²) in [5.74, 6) is 1.95. The third-order valence-electron chi connectivity index (χ3n) is 3.36. The maximum absolute atomic E-state index is 5.92. The average molecular weight is 427 g/mol. The van der Waals surface area contributed by atoms with Crippen LogP contribution in [0.15, 0.2) is 35.3 Å². The third-order valence-corrected chi connectivity index (χ3v) is 3.36. The first kappa shape index (κ1) is 19.5. The molecule has 0 spiro atoms. The largest absolute Gasteiger partial charge is 0.370 e. The van der Waals surface area contributed by atoms with Crippen molar-refractivity contribution >= 4 is 46.7 Å². The summed E-state index contributed by atoms with van der Waals surface area (Å²) in [6.07, 6.45) is 0. The Morgan fingerprint density at radius 1 is 1.30 bits per heavy atom. The number of aromatic nitrogens is 1. The summed E-state index contributed by atoms with van der Waals surface area (Å²) in [6, 6.07) is 10.2. The van der Waals surface area contributed by atoms with Crippen LogP contribution in [0.25, 0.3) is 10.9 Å². The van der Waals surface area contributed by atoms with Gasteiger partial charge in [0.15, 0.2) is 5.96 Å². The molecule has 0 saturated carbocycles. The topological polar surface area (TPSA) is 66.5 Å². The molecule has 0 radical (unpaired) electrons. The maximum atomic E-state index is 5.92. The first-order valence-corrected chi connectivity index (χ1v) is 7.57. The number of benzene rings is 1. The number of para-hydroxylation sites is 1. The Morgan fingerprint density at radius 3 is 2.65 bits per heavy atom. The summed E-state index contributed by atoms with van der Waals surface area (Å²) in [5, 5.41) is 4.26. The van der Waals surface area contributed by atoms with Gasteiger partial charge in [0.2, 0.25) is 0 Å². The highest BCUT2D eigenvalue weighted by Crippen LogP contribution is 2.22. The van der Waals surface area contributed by atoms with E-state index >= 15 is 0 Å². The molecule has 0 aliphatic carbocycles. The molecule has 6 heteroatoms. The first-order chi connectivity index (χ1) is 10.5. The van der Waals surface area contributed by atoms with Gasteiger partial charge in [-0.15, -0.1) is 24.0 Å². The number of anilines is 1. The van der Waals surface area contributed by atoms with Crippen molar-refractivity contribution in [1.82, 2.24) is 10.3 Å². The minimum Gasteiger partial charge on any atom is -0.370 e.